The third-order valence-electron chi connectivity index (χ3n) is 6.30. The van der Waals surface area contributed by atoms with Crippen LogP contribution >= 0.6 is 0 Å². The van der Waals surface area contributed by atoms with Gasteiger partial charge in [-0.3, -0.25) is 4.79 Å². The van der Waals surface area contributed by atoms with E-state index in [0.29, 0.717) is 0 Å². The number of carbonyl (C=O) groups excluding carboxylic acids is 1. The lowest BCUT2D eigenvalue weighted by atomic mass is 9.98. The van der Waals surface area contributed by atoms with E-state index in [0.717, 1.165) is 40.5 Å². The van der Waals surface area contributed by atoms with E-state index in [1.807, 2.05) is 29.0 Å². The Kier molecular flexibility index (Phi) is 5.68. The topological polar surface area (TPSA) is 69.7 Å². The molecule has 0 aliphatic carbocycles. The van der Waals surface area contributed by atoms with Crippen LogP contribution in [0.2, 0.25) is 0 Å². The monoisotopic (exact) mass is 461 g/mol. The first kappa shape index (κ1) is 21.7. The number of carbonyl (C=O) groups is 1. The van der Waals surface area contributed by atoms with Crippen LogP contribution in [0.15, 0.2) is 66.7 Å². The Morgan fingerprint density at radius 2 is 1.73 bits per heavy atom. The molecule has 2 heterocycles. The number of hydrogen-bond acceptors (Lipinski definition) is 4. The van der Waals surface area contributed by atoms with Gasteiger partial charge in [-0.2, -0.15) is 12.7 Å². The zero-order valence-electron chi connectivity index (χ0n) is 18.6. The van der Waals surface area contributed by atoms with E-state index >= 15 is 0 Å². The van der Waals surface area contributed by atoms with Crippen molar-refractivity contribution in [2.45, 2.75) is 32.9 Å². The molecule has 1 amide bonds. The molecule has 33 heavy (non-hydrogen) atoms. The van der Waals surface area contributed by atoms with Gasteiger partial charge in [0.2, 0.25) is 5.91 Å². The van der Waals surface area contributed by atoms with Crippen molar-refractivity contribution in [1.29, 1.82) is 0 Å². The SMILES string of the molecule is Cc1ccc2c(c1)CCCN2Cc1cccc(-c2ccc(CN3CC(=O)NS3(=O)=O)cc2)c1. The first-order valence-corrected chi connectivity index (χ1v) is 12.6. The minimum absolute atomic E-state index is 0.134. The van der Waals surface area contributed by atoms with E-state index in [9.17, 15) is 13.2 Å². The average molecular weight is 462 g/mol. The number of nitrogens with zero attached hydrogens (tertiary/aromatic N) is 2. The highest BCUT2D eigenvalue weighted by Crippen LogP contribution is 2.30. The zero-order chi connectivity index (χ0) is 23.0. The Labute approximate surface area is 195 Å². The van der Waals surface area contributed by atoms with Crippen LogP contribution in [0.1, 0.15) is 28.7 Å². The molecule has 0 radical (unpaired) electrons. The normalized spacial score (nSPS) is 17.6. The van der Waals surface area contributed by atoms with Crippen molar-refractivity contribution in [1.82, 2.24) is 9.03 Å². The molecule has 2 aliphatic heterocycles. The first-order valence-electron chi connectivity index (χ1n) is 11.2. The highest BCUT2D eigenvalue weighted by Gasteiger charge is 2.33. The molecule has 1 N–H and O–H groups in total. The van der Waals surface area contributed by atoms with E-state index in [2.05, 4.69) is 54.3 Å². The molecule has 0 saturated carbocycles. The first-order chi connectivity index (χ1) is 15.9. The smallest absolute Gasteiger partial charge is 0.304 e. The van der Waals surface area contributed by atoms with Crippen molar-refractivity contribution in [2.24, 2.45) is 0 Å². The summed E-state index contributed by atoms with van der Waals surface area (Å²) in [5, 5.41) is 0. The maximum atomic E-state index is 11.9. The second kappa shape index (κ2) is 8.65. The Balaban J connectivity index is 1.31. The molecule has 0 unspecified atom stereocenters. The van der Waals surface area contributed by atoms with E-state index in [1.165, 1.54) is 28.8 Å². The lowest BCUT2D eigenvalue weighted by Crippen LogP contribution is -2.29. The van der Waals surface area contributed by atoms with Gasteiger partial charge in [0.15, 0.2) is 0 Å². The van der Waals surface area contributed by atoms with E-state index in [4.69, 9.17) is 0 Å². The number of aryl methyl sites for hydroxylation is 2. The molecule has 1 fully saturated rings. The van der Waals surface area contributed by atoms with Gasteiger partial charge >= 0.3 is 10.2 Å². The molecule has 1 saturated heterocycles. The number of nitrogens with one attached hydrogen (secondary N) is 1. The summed E-state index contributed by atoms with van der Waals surface area (Å²) in [4.78, 5) is 13.9. The molecule has 2 aliphatic rings. The summed E-state index contributed by atoms with van der Waals surface area (Å²) in [5.41, 5.74) is 8.40. The van der Waals surface area contributed by atoms with Crippen LogP contribution in [0, 0.1) is 6.92 Å². The number of benzene rings is 3. The van der Waals surface area contributed by atoms with Crippen LogP contribution < -0.4 is 9.62 Å². The quantitative estimate of drug-likeness (QED) is 0.628. The molecule has 3 aromatic carbocycles. The predicted octanol–water partition coefficient (Wildman–Crippen LogP) is 3.79. The number of amides is 1. The molecule has 0 atom stereocenters. The molecule has 3 aromatic rings. The number of rotatable bonds is 5. The third-order valence-corrected chi connectivity index (χ3v) is 7.72. The molecular formula is C26H27N3O3S. The van der Waals surface area contributed by atoms with Gasteiger partial charge in [-0.05, 0) is 59.7 Å². The van der Waals surface area contributed by atoms with Gasteiger partial charge < -0.3 is 4.90 Å². The number of fused-ring (bicyclic) bond motifs is 1. The molecule has 0 bridgehead atoms. The zero-order valence-corrected chi connectivity index (χ0v) is 19.4. The van der Waals surface area contributed by atoms with Crippen molar-refractivity contribution in [3.63, 3.8) is 0 Å². The Morgan fingerprint density at radius 1 is 0.909 bits per heavy atom. The van der Waals surface area contributed by atoms with Crippen LogP contribution in [-0.2, 0) is 34.5 Å². The van der Waals surface area contributed by atoms with E-state index in [-0.39, 0.29) is 13.1 Å². The lowest BCUT2D eigenvalue weighted by Gasteiger charge is -2.31. The summed E-state index contributed by atoms with van der Waals surface area (Å²) in [7, 11) is -3.71. The molecule has 7 heteroatoms. The summed E-state index contributed by atoms with van der Waals surface area (Å²) in [6, 6.07) is 23.2. The predicted molar refractivity (Wildman–Crippen MR) is 130 cm³/mol. The van der Waals surface area contributed by atoms with Gasteiger partial charge in [-0.25, -0.2) is 4.72 Å². The lowest BCUT2D eigenvalue weighted by molar-refractivity contribution is -0.118. The molecule has 0 aromatic heterocycles. The summed E-state index contributed by atoms with van der Waals surface area (Å²) < 4.78 is 27.1. The second-order valence-corrected chi connectivity index (χ2v) is 10.5. The Hall–Kier alpha value is -3.16. The van der Waals surface area contributed by atoms with Gasteiger partial charge in [0.25, 0.3) is 0 Å². The standard InChI is InChI=1S/C26H27N3O3S/c1-19-7-12-25-24(14-19)6-3-13-28(25)16-21-4-2-5-23(15-21)22-10-8-20(9-11-22)17-29-18-26(30)27-33(29,31)32/h2,4-5,7-12,14-15H,3,6,13,16-18H2,1H3,(H,27,30). The van der Waals surface area contributed by atoms with Crippen molar-refractivity contribution >= 4 is 21.8 Å². The summed E-state index contributed by atoms with van der Waals surface area (Å²) in [6.45, 7) is 4.12. The van der Waals surface area contributed by atoms with Gasteiger partial charge in [0, 0.05) is 25.3 Å². The molecule has 0 spiro atoms. The Morgan fingerprint density at radius 3 is 2.48 bits per heavy atom. The van der Waals surface area contributed by atoms with Crippen molar-refractivity contribution in [3.05, 3.63) is 89.0 Å². The van der Waals surface area contributed by atoms with Gasteiger partial charge in [-0.15, -0.1) is 0 Å². The number of hydrogen-bond donors (Lipinski definition) is 1. The minimum atomic E-state index is -3.71. The fraction of sp³-hybridized carbons (Fsp3) is 0.269. The van der Waals surface area contributed by atoms with Crippen molar-refractivity contribution < 1.29 is 13.2 Å². The average Bonchev–Trinajstić information content (AvgIpc) is 3.05. The van der Waals surface area contributed by atoms with E-state index in [1.54, 1.807) is 0 Å². The molecule has 6 nitrogen and oxygen atoms in total. The molecule has 170 valence electrons. The summed E-state index contributed by atoms with van der Waals surface area (Å²) >= 11 is 0. The second-order valence-electron chi connectivity index (χ2n) is 8.85. The summed E-state index contributed by atoms with van der Waals surface area (Å²) in [6.07, 6.45) is 2.31. The van der Waals surface area contributed by atoms with Crippen LogP contribution in [-0.4, -0.2) is 31.7 Å². The van der Waals surface area contributed by atoms with Crippen LogP contribution in [0.3, 0.4) is 0 Å². The Bertz CT molecular complexity index is 1300. The molecule has 5 rings (SSSR count). The van der Waals surface area contributed by atoms with E-state index < -0.39 is 16.1 Å². The maximum Gasteiger partial charge on any atom is 0.304 e. The highest BCUT2D eigenvalue weighted by molar-refractivity contribution is 7.88. The number of anilines is 1. The van der Waals surface area contributed by atoms with Crippen LogP contribution in [0.5, 0.6) is 0 Å². The van der Waals surface area contributed by atoms with Crippen molar-refractivity contribution in [3.8, 4) is 11.1 Å². The van der Waals surface area contributed by atoms with Crippen LogP contribution in [0.4, 0.5) is 5.69 Å². The largest absolute Gasteiger partial charge is 0.367 e. The van der Waals surface area contributed by atoms with Gasteiger partial charge in [0.1, 0.15) is 0 Å². The fourth-order valence-corrected chi connectivity index (χ4v) is 5.76. The van der Waals surface area contributed by atoms with Gasteiger partial charge in [-0.1, -0.05) is 60.2 Å². The fourth-order valence-electron chi connectivity index (χ4n) is 4.67. The highest BCUT2D eigenvalue weighted by atomic mass is 32.2. The minimum Gasteiger partial charge on any atom is -0.367 e. The van der Waals surface area contributed by atoms with Crippen LogP contribution in [0.25, 0.3) is 11.1 Å². The third kappa shape index (κ3) is 4.65. The maximum absolute atomic E-state index is 11.9. The van der Waals surface area contributed by atoms with Crippen molar-refractivity contribution in [2.75, 3.05) is 18.0 Å². The molecular weight excluding hydrogens is 434 g/mol. The van der Waals surface area contributed by atoms with Gasteiger partial charge in [0.05, 0.1) is 6.54 Å². The summed E-state index contributed by atoms with van der Waals surface area (Å²) in [5.74, 6) is -0.491.